The molecule has 1 N–H and O–H groups in total. The number of aliphatic hydroxyl groups excluding tert-OH is 1. The Morgan fingerprint density at radius 1 is 0.944 bits per heavy atom. The van der Waals surface area contributed by atoms with Crippen LogP contribution in [0.2, 0.25) is 0 Å². The van der Waals surface area contributed by atoms with Crippen molar-refractivity contribution in [1.82, 2.24) is 14.5 Å². The van der Waals surface area contributed by atoms with Crippen LogP contribution in [0.1, 0.15) is 11.3 Å². The summed E-state index contributed by atoms with van der Waals surface area (Å²) in [4.78, 5) is 21.9. The topological polar surface area (TPSA) is 77.2 Å². The summed E-state index contributed by atoms with van der Waals surface area (Å²) in [7, 11) is 0. The number of aliphatic hydroxyl groups is 1. The van der Waals surface area contributed by atoms with E-state index in [1.165, 1.54) is 16.7 Å². The van der Waals surface area contributed by atoms with Crippen LogP contribution in [0.3, 0.4) is 0 Å². The van der Waals surface area contributed by atoms with E-state index in [9.17, 15) is 18.0 Å². The minimum absolute atomic E-state index is 0.0316. The molecule has 0 aliphatic heterocycles. The van der Waals surface area contributed by atoms with Gasteiger partial charge in [-0.3, -0.25) is 19.3 Å². The van der Waals surface area contributed by atoms with E-state index in [4.69, 9.17) is 9.84 Å². The van der Waals surface area contributed by atoms with E-state index in [2.05, 4.69) is 9.97 Å². The molecule has 0 spiro atoms. The lowest BCUT2D eigenvalue weighted by Gasteiger charge is -2.17. The highest BCUT2D eigenvalue weighted by molar-refractivity contribution is 6.05. The molecule has 36 heavy (non-hydrogen) atoms. The largest absolute Gasteiger partial charge is 0.491 e. The molecular weight excluding hydrogens is 471 g/mol. The second-order valence-electron chi connectivity index (χ2n) is 8.24. The van der Waals surface area contributed by atoms with E-state index in [1.807, 2.05) is 31.2 Å². The van der Waals surface area contributed by atoms with E-state index in [-0.39, 0.29) is 12.3 Å². The molecule has 182 valence electrons. The van der Waals surface area contributed by atoms with Gasteiger partial charge in [-0.15, -0.1) is 0 Å². The zero-order chi connectivity index (χ0) is 25.4. The average Bonchev–Trinajstić information content (AvgIpc) is 2.87. The molecule has 0 fully saturated rings. The third kappa shape index (κ3) is 4.29. The summed E-state index contributed by atoms with van der Waals surface area (Å²) < 4.78 is 47.9. The molecule has 0 amide bonds. The Morgan fingerprint density at radius 2 is 1.75 bits per heavy atom. The zero-order valence-corrected chi connectivity index (χ0v) is 19.1. The first-order chi connectivity index (χ1) is 17.3. The number of aryl methyl sites for hydroxylation is 1. The number of rotatable bonds is 5. The second kappa shape index (κ2) is 9.09. The summed E-state index contributed by atoms with van der Waals surface area (Å²) in [6.07, 6.45) is -1.41. The summed E-state index contributed by atoms with van der Waals surface area (Å²) >= 11 is 0. The molecule has 3 heterocycles. The molecule has 5 aromatic rings. The van der Waals surface area contributed by atoms with Crippen LogP contribution in [-0.2, 0) is 6.18 Å². The van der Waals surface area contributed by atoms with Crippen LogP contribution in [0.15, 0.2) is 77.9 Å². The lowest BCUT2D eigenvalue weighted by molar-refractivity contribution is -0.139. The molecule has 0 aliphatic rings. The van der Waals surface area contributed by atoms with Gasteiger partial charge >= 0.3 is 6.18 Å². The number of alkyl halides is 3. The molecule has 5 rings (SSSR count). The smallest absolute Gasteiger partial charge is 0.420 e. The first-order valence-electron chi connectivity index (χ1n) is 11.1. The van der Waals surface area contributed by atoms with Crippen LogP contribution in [0.4, 0.5) is 13.2 Å². The van der Waals surface area contributed by atoms with Crippen LogP contribution in [0.5, 0.6) is 5.75 Å². The average molecular weight is 491 g/mol. The Hall–Kier alpha value is -4.24. The predicted octanol–water partition coefficient (Wildman–Crippen LogP) is 5.30. The van der Waals surface area contributed by atoms with Crippen LogP contribution in [0.25, 0.3) is 38.6 Å². The van der Waals surface area contributed by atoms with Crippen LogP contribution >= 0.6 is 0 Å². The van der Waals surface area contributed by atoms with E-state index in [1.54, 1.807) is 24.5 Å². The molecule has 6 nitrogen and oxygen atoms in total. The van der Waals surface area contributed by atoms with Gasteiger partial charge in [0.05, 0.1) is 28.9 Å². The number of hydrogen-bond acceptors (Lipinski definition) is 5. The second-order valence-corrected chi connectivity index (χ2v) is 8.24. The highest BCUT2D eigenvalue weighted by Gasteiger charge is 2.35. The Labute approximate surface area is 203 Å². The fraction of sp³-hybridized carbons (Fsp3) is 0.148. The van der Waals surface area contributed by atoms with E-state index in [0.29, 0.717) is 21.8 Å². The molecule has 0 radical (unpaired) electrons. The summed E-state index contributed by atoms with van der Waals surface area (Å²) in [5.74, 6) is -0.422. The maximum atomic E-state index is 13.9. The van der Waals surface area contributed by atoms with Crippen molar-refractivity contribution in [2.45, 2.75) is 13.1 Å². The Balaban J connectivity index is 1.79. The summed E-state index contributed by atoms with van der Waals surface area (Å²) in [5.41, 5.74) is 2.08. The quantitative estimate of drug-likeness (QED) is 0.338. The van der Waals surface area contributed by atoms with Crippen molar-refractivity contribution >= 4 is 21.8 Å². The normalized spacial score (nSPS) is 11.8. The fourth-order valence-corrected chi connectivity index (χ4v) is 4.15. The molecule has 0 aliphatic carbocycles. The van der Waals surface area contributed by atoms with Gasteiger partial charge in [0.1, 0.15) is 12.4 Å². The van der Waals surface area contributed by atoms with Gasteiger partial charge in [-0.25, -0.2) is 0 Å². The van der Waals surface area contributed by atoms with Crippen LogP contribution in [-0.4, -0.2) is 32.9 Å². The van der Waals surface area contributed by atoms with Gasteiger partial charge in [-0.1, -0.05) is 12.1 Å². The highest BCUT2D eigenvalue weighted by Crippen LogP contribution is 2.38. The number of nitrogens with zero attached hydrogens (tertiary/aromatic N) is 3. The monoisotopic (exact) mass is 491 g/mol. The van der Waals surface area contributed by atoms with E-state index >= 15 is 0 Å². The number of hydrogen-bond donors (Lipinski definition) is 1. The lowest BCUT2D eigenvalue weighted by atomic mass is 10.0. The summed E-state index contributed by atoms with van der Waals surface area (Å²) in [6.45, 7) is 1.17. The lowest BCUT2D eigenvalue weighted by Crippen LogP contribution is -2.19. The number of pyridine rings is 3. The molecule has 2 aromatic carbocycles. The van der Waals surface area contributed by atoms with Gasteiger partial charge in [-0.05, 0) is 55.0 Å². The van der Waals surface area contributed by atoms with Crippen molar-refractivity contribution in [2.24, 2.45) is 0 Å². The fourth-order valence-electron chi connectivity index (χ4n) is 4.15. The van der Waals surface area contributed by atoms with Gasteiger partial charge in [0, 0.05) is 40.5 Å². The summed E-state index contributed by atoms with van der Waals surface area (Å²) in [5, 5.41) is 10.2. The van der Waals surface area contributed by atoms with E-state index in [0.717, 1.165) is 29.0 Å². The first-order valence-corrected chi connectivity index (χ1v) is 11.1. The van der Waals surface area contributed by atoms with Crippen molar-refractivity contribution in [3.63, 3.8) is 0 Å². The minimum atomic E-state index is -4.73. The number of fused-ring (bicyclic) bond motifs is 3. The maximum absolute atomic E-state index is 13.9. The van der Waals surface area contributed by atoms with Crippen molar-refractivity contribution < 1.29 is 23.0 Å². The van der Waals surface area contributed by atoms with Crippen molar-refractivity contribution in [3.05, 3.63) is 94.7 Å². The Kier molecular flexibility index (Phi) is 5.93. The van der Waals surface area contributed by atoms with Crippen molar-refractivity contribution in [3.8, 4) is 22.6 Å². The molecule has 0 atom stereocenters. The molecule has 0 saturated carbocycles. The SMILES string of the molecule is Cc1ccc(-c2ccc3ncc4ccc(=O)n(-c5ccc(OCCO)c(C(F)(F)F)c5)c4c3c2)cn1. The van der Waals surface area contributed by atoms with Gasteiger partial charge in [-0.2, -0.15) is 13.2 Å². The van der Waals surface area contributed by atoms with Gasteiger partial charge in [0.15, 0.2) is 0 Å². The standard InChI is InChI=1S/C27H20F3N3O3/c1-16-2-3-18(14-31-16)17-4-7-23-21(12-17)26-19(15-32-23)5-9-25(35)33(26)20-6-8-24(36-11-10-34)22(13-20)27(28,29)30/h2-9,12-15,34H,10-11H2,1H3. The summed E-state index contributed by atoms with van der Waals surface area (Å²) in [6, 6.07) is 15.7. The number of ether oxygens (including phenoxy) is 1. The molecular formula is C27H20F3N3O3. The zero-order valence-electron chi connectivity index (χ0n) is 19.1. The third-order valence-corrected chi connectivity index (χ3v) is 5.84. The molecule has 3 aromatic heterocycles. The van der Waals surface area contributed by atoms with Gasteiger partial charge < -0.3 is 9.84 Å². The Bertz CT molecular complexity index is 1640. The molecule has 0 bridgehead atoms. The minimum Gasteiger partial charge on any atom is -0.491 e. The molecule has 9 heteroatoms. The van der Waals surface area contributed by atoms with E-state index < -0.39 is 29.7 Å². The van der Waals surface area contributed by atoms with Crippen molar-refractivity contribution in [2.75, 3.05) is 13.2 Å². The van der Waals surface area contributed by atoms with Gasteiger partial charge in [0.25, 0.3) is 5.56 Å². The third-order valence-electron chi connectivity index (χ3n) is 5.84. The van der Waals surface area contributed by atoms with Crippen LogP contribution < -0.4 is 10.3 Å². The first kappa shape index (κ1) is 23.5. The number of benzene rings is 2. The maximum Gasteiger partial charge on any atom is 0.420 e. The number of halogens is 3. The predicted molar refractivity (Wildman–Crippen MR) is 130 cm³/mol. The molecule has 0 unspecified atom stereocenters. The number of aromatic nitrogens is 3. The van der Waals surface area contributed by atoms with Gasteiger partial charge in [0.2, 0.25) is 0 Å². The van der Waals surface area contributed by atoms with Crippen molar-refractivity contribution in [1.29, 1.82) is 0 Å². The Morgan fingerprint density at radius 3 is 2.47 bits per heavy atom. The van der Waals surface area contributed by atoms with Crippen LogP contribution in [0, 0.1) is 6.92 Å². The highest BCUT2D eigenvalue weighted by atomic mass is 19.4. The molecule has 0 saturated heterocycles.